The standard InChI is InChI=1S/C13H16N2S/c1-9-4-6-10(7-5-9)13(2,3)11-8-16-12(14)15-11/h4-8H,1-3H3,(H2,14,15). The lowest BCUT2D eigenvalue weighted by Gasteiger charge is -2.23. The first kappa shape index (κ1) is 11.1. The molecule has 84 valence electrons. The van der Waals surface area contributed by atoms with Crippen LogP contribution in [0.5, 0.6) is 0 Å². The molecule has 2 nitrogen and oxygen atoms in total. The monoisotopic (exact) mass is 232 g/mol. The summed E-state index contributed by atoms with van der Waals surface area (Å²) in [4.78, 5) is 4.38. The van der Waals surface area contributed by atoms with Gasteiger partial charge in [-0.3, -0.25) is 0 Å². The Morgan fingerprint density at radius 1 is 1.19 bits per heavy atom. The Balaban J connectivity index is 2.42. The van der Waals surface area contributed by atoms with Gasteiger partial charge in [0.15, 0.2) is 5.13 Å². The number of thiazole rings is 1. The van der Waals surface area contributed by atoms with Gasteiger partial charge in [-0.1, -0.05) is 43.7 Å². The predicted octanol–water partition coefficient (Wildman–Crippen LogP) is 3.36. The quantitative estimate of drug-likeness (QED) is 0.862. The van der Waals surface area contributed by atoms with Crippen LogP contribution in [0.15, 0.2) is 29.6 Å². The number of rotatable bonds is 2. The molecule has 2 N–H and O–H groups in total. The van der Waals surface area contributed by atoms with Gasteiger partial charge in [0.1, 0.15) is 0 Å². The highest BCUT2D eigenvalue weighted by atomic mass is 32.1. The van der Waals surface area contributed by atoms with Crippen molar-refractivity contribution in [3.05, 3.63) is 46.5 Å². The Labute approximate surface area is 100 Å². The van der Waals surface area contributed by atoms with Gasteiger partial charge in [-0.15, -0.1) is 11.3 Å². The van der Waals surface area contributed by atoms with Crippen LogP contribution in [0.25, 0.3) is 0 Å². The Kier molecular flexibility index (Phi) is 2.72. The second-order valence-corrected chi connectivity index (χ2v) is 5.45. The van der Waals surface area contributed by atoms with E-state index in [1.807, 2.05) is 5.38 Å². The minimum atomic E-state index is -0.0815. The summed E-state index contributed by atoms with van der Waals surface area (Å²) in [5.74, 6) is 0. The van der Waals surface area contributed by atoms with Crippen LogP contribution in [0.2, 0.25) is 0 Å². The highest BCUT2D eigenvalue weighted by Gasteiger charge is 2.25. The van der Waals surface area contributed by atoms with E-state index >= 15 is 0 Å². The Hall–Kier alpha value is -1.35. The molecule has 0 aliphatic rings. The second kappa shape index (κ2) is 3.91. The van der Waals surface area contributed by atoms with Crippen molar-refractivity contribution >= 4 is 16.5 Å². The van der Waals surface area contributed by atoms with E-state index in [2.05, 4.69) is 50.0 Å². The molecular formula is C13H16N2S. The fraction of sp³-hybridized carbons (Fsp3) is 0.308. The molecule has 0 amide bonds. The lowest BCUT2D eigenvalue weighted by atomic mass is 9.82. The third kappa shape index (κ3) is 1.95. The van der Waals surface area contributed by atoms with Crippen LogP contribution in [-0.4, -0.2) is 4.98 Å². The van der Waals surface area contributed by atoms with Gasteiger partial charge in [0.2, 0.25) is 0 Å². The maximum absolute atomic E-state index is 5.68. The summed E-state index contributed by atoms with van der Waals surface area (Å²) in [6.07, 6.45) is 0. The lowest BCUT2D eigenvalue weighted by molar-refractivity contribution is 0.622. The Bertz CT molecular complexity index is 483. The highest BCUT2D eigenvalue weighted by Crippen LogP contribution is 2.32. The molecule has 1 heterocycles. The fourth-order valence-electron chi connectivity index (χ4n) is 1.69. The van der Waals surface area contributed by atoms with E-state index in [-0.39, 0.29) is 5.41 Å². The Morgan fingerprint density at radius 2 is 1.81 bits per heavy atom. The van der Waals surface area contributed by atoms with E-state index in [1.54, 1.807) is 0 Å². The average molecular weight is 232 g/mol. The van der Waals surface area contributed by atoms with E-state index < -0.39 is 0 Å². The van der Waals surface area contributed by atoms with E-state index in [0.29, 0.717) is 5.13 Å². The zero-order valence-corrected chi connectivity index (χ0v) is 10.6. The van der Waals surface area contributed by atoms with Crippen molar-refractivity contribution in [1.29, 1.82) is 0 Å². The van der Waals surface area contributed by atoms with Gasteiger partial charge in [0.05, 0.1) is 5.69 Å². The van der Waals surface area contributed by atoms with E-state index in [0.717, 1.165) is 5.69 Å². The summed E-state index contributed by atoms with van der Waals surface area (Å²) in [5.41, 5.74) is 9.19. The molecule has 2 rings (SSSR count). The third-order valence-corrected chi connectivity index (χ3v) is 3.61. The number of nitrogens with zero attached hydrogens (tertiary/aromatic N) is 1. The number of nitrogens with two attached hydrogens (primary N) is 1. The van der Waals surface area contributed by atoms with Crippen molar-refractivity contribution in [3.8, 4) is 0 Å². The van der Waals surface area contributed by atoms with Crippen molar-refractivity contribution in [3.63, 3.8) is 0 Å². The van der Waals surface area contributed by atoms with Crippen molar-refractivity contribution in [2.75, 3.05) is 5.73 Å². The number of benzene rings is 1. The smallest absolute Gasteiger partial charge is 0.180 e. The third-order valence-electron chi connectivity index (χ3n) is 2.94. The van der Waals surface area contributed by atoms with Gasteiger partial charge in [0, 0.05) is 10.8 Å². The molecule has 0 unspecified atom stereocenters. The zero-order valence-electron chi connectivity index (χ0n) is 9.82. The van der Waals surface area contributed by atoms with Crippen LogP contribution < -0.4 is 5.73 Å². The molecule has 1 aromatic carbocycles. The molecule has 0 spiro atoms. The van der Waals surface area contributed by atoms with Gasteiger partial charge in [-0.05, 0) is 12.5 Å². The largest absolute Gasteiger partial charge is 0.375 e. The summed E-state index contributed by atoms with van der Waals surface area (Å²) in [6.45, 7) is 6.44. The molecule has 0 bridgehead atoms. The lowest BCUT2D eigenvalue weighted by Crippen LogP contribution is -2.19. The SMILES string of the molecule is Cc1ccc(C(C)(C)c2csc(N)n2)cc1. The van der Waals surface area contributed by atoms with Crippen molar-refractivity contribution in [1.82, 2.24) is 4.98 Å². The number of aryl methyl sites for hydroxylation is 1. The fourth-order valence-corrected chi connectivity index (χ4v) is 2.42. The molecule has 0 saturated heterocycles. The average Bonchev–Trinajstić information content (AvgIpc) is 2.66. The van der Waals surface area contributed by atoms with Crippen LogP contribution >= 0.6 is 11.3 Å². The van der Waals surface area contributed by atoms with E-state index in [4.69, 9.17) is 5.73 Å². The molecule has 0 aliphatic heterocycles. The first-order valence-corrected chi connectivity index (χ1v) is 6.17. The molecular weight excluding hydrogens is 216 g/mol. The maximum atomic E-state index is 5.68. The first-order valence-electron chi connectivity index (χ1n) is 5.29. The second-order valence-electron chi connectivity index (χ2n) is 4.56. The molecule has 0 fully saturated rings. The van der Waals surface area contributed by atoms with Gasteiger partial charge in [-0.2, -0.15) is 0 Å². The van der Waals surface area contributed by atoms with Gasteiger partial charge in [0.25, 0.3) is 0 Å². The van der Waals surface area contributed by atoms with Crippen molar-refractivity contribution in [2.24, 2.45) is 0 Å². The molecule has 0 atom stereocenters. The molecule has 0 saturated carbocycles. The Morgan fingerprint density at radius 3 is 2.31 bits per heavy atom. The predicted molar refractivity (Wildman–Crippen MR) is 69.8 cm³/mol. The van der Waals surface area contributed by atoms with Crippen molar-refractivity contribution in [2.45, 2.75) is 26.2 Å². The molecule has 16 heavy (non-hydrogen) atoms. The number of anilines is 1. The topological polar surface area (TPSA) is 38.9 Å². The summed E-state index contributed by atoms with van der Waals surface area (Å²) in [5, 5.41) is 2.67. The summed E-state index contributed by atoms with van der Waals surface area (Å²) < 4.78 is 0. The van der Waals surface area contributed by atoms with E-state index in [9.17, 15) is 0 Å². The van der Waals surface area contributed by atoms with Gasteiger partial charge < -0.3 is 5.73 Å². The summed E-state index contributed by atoms with van der Waals surface area (Å²) in [6, 6.07) is 8.58. The minimum absolute atomic E-state index is 0.0815. The normalized spacial score (nSPS) is 11.7. The van der Waals surface area contributed by atoms with Gasteiger partial charge >= 0.3 is 0 Å². The minimum Gasteiger partial charge on any atom is -0.375 e. The number of hydrogen-bond acceptors (Lipinski definition) is 3. The molecule has 1 aromatic heterocycles. The number of nitrogen functional groups attached to an aromatic ring is 1. The van der Waals surface area contributed by atoms with Crippen molar-refractivity contribution < 1.29 is 0 Å². The highest BCUT2D eigenvalue weighted by molar-refractivity contribution is 7.13. The van der Waals surface area contributed by atoms with Crippen LogP contribution in [0.1, 0.15) is 30.7 Å². The molecule has 2 aromatic rings. The van der Waals surface area contributed by atoms with Crippen LogP contribution in [0.3, 0.4) is 0 Å². The first-order chi connectivity index (χ1) is 7.50. The molecule has 0 aliphatic carbocycles. The number of aromatic nitrogens is 1. The zero-order chi connectivity index (χ0) is 11.8. The van der Waals surface area contributed by atoms with E-state index in [1.165, 1.54) is 22.5 Å². The molecule has 0 radical (unpaired) electrons. The van der Waals surface area contributed by atoms with Crippen LogP contribution in [-0.2, 0) is 5.41 Å². The maximum Gasteiger partial charge on any atom is 0.180 e. The number of hydrogen-bond donors (Lipinski definition) is 1. The summed E-state index contributed by atoms with van der Waals surface area (Å²) >= 11 is 1.50. The van der Waals surface area contributed by atoms with Crippen LogP contribution in [0.4, 0.5) is 5.13 Å². The van der Waals surface area contributed by atoms with Gasteiger partial charge in [-0.25, -0.2) is 4.98 Å². The van der Waals surface area contributed by atoms with Crippen LogP contribution in [0, 0.1) is 6.92 Å². The molecule has 3 heteroatoms. The summed E-state index contributed by atoms with van der Waals surface area (Å²) in [7, 11) is 0.